The molecular weight excluding hydrogens is 236 g/mol. The number of rotatable bonds is 5. The topological polar surface area (TPSA) is 26.3 Å². The molecule has 1 aromatic carbocycles. The molecule has 102 valence electrons. The van der Waals surface area contributed by atoms with Gasteiger partial charge in [-0.2, -0.15) is 0 Å². The SMILES string of the molecule is CCC1CCC(C(=O)c2ccc(OC3CC3)cc2)C1. The van der Waals surface area contributed by atoms with Gasteiger partial charge in [-0.3, -0.25) is 4.79 Å². The number of carbonyl (C=O) groups is 1. The molecule has 0 saturated heterocycles. The highest BCUT2D eigenvalue weighted by atomic mass is 16.5. The van der Waals surface area contributed by atoms with Crippen molar-refractivity contribution in [1.29, 1.82) is 0 Å². The van der Waals surface area contributed by atoms with E-state index in [2.05, 4.69) is 6.92 Å². The molecule has 0 aliphatic heterocycles. The first-order chi connectivity index (χ1) is 9.26. The zero-order chi connectivity index (χ0) is 13.2. The van der Waals surface area contributed by atoms with E-state index in [4.69, 9.17) is 4.74 Å². The lowest BCUT2D eigenvalue weighted by atomic mass is 9.94. The zero-order valence-corrected chi connectivity index (χ0v) is 11.6. The molecule has 0 amide bonds. The van der Waals surface area contributed by atoms with Gasteiger partial charge in [0.05, 0.1) is 6.10 Å². The van der Waals surface area contributed by atoms with Crippen molar-refractivity contribution in [2.45, 2.75) is 51.6 Å². The standard InChI is InChI=1S/C17H22O2/c1-2-12-3-4-14(11-12)17(18)13-5-7-15(8-6-13)19-16-9-10-16/h5-8,12,14,16H,2-4,9-11H2,1H3. The summed E-state index contributed by atoms with van der Waals surface area (Å²) in [6, 6.07) is 7.74. The molecule has 19 heavy (non-hydrogen) atoms. The van der Waals surface area contributed by atoms with Gasteiger partial charge in [-0.15, -0.1) is 0 Å². The Morgan fingerprint density at radius 2 is 1.89 bits per heavy atom. The van der Waals surface area contributed by atoms with Gasteiger partial charge in [-0.05, 0) is 62.3 Å². The van der Waals surface area contributed by atoms with Crippen LogP contribution in [-0.2, 0) is 0 Å². The van der Waals surface area contributed by atoms with Crippen LogP contribution < -0.4 is 4.74 Å². The number of carbonyl (C=O) groups excluding carboxylic acids is 1. The van der Waals surface area contributed by atoms with Crippen molar-refractivity contribution in [2.75, 3.05) is 0 Å². The molecule has 0 radical (unpaired) electrons. The van der Waals surface area contributed by atoms with Gasteiger partial charge in [0, 0.05) is 11.5 Å². The molecule has 2 aliphatic carbocycles. The summed E-state index contributed by atoms with van der Waals surface area (Å²) in [5, 5.41) is 0. The van der Waals surface area contributed by atoms with Crippen LogP contribution in [0.4, 0.5) is 0 Å². The van der Waals surface area contributed by atoms with Crippen LogP contribution in [-0.4, -0.2) is 11.9 Å². The normalized spacial score (nSPS) is 26.4. The molecule has 2 fully saturated rings. The van der Waals surface area contributed by atoms with Crippen LogP contribution in [0.2, 0.25) is 0 Å². The van der Waals surface area contributed by atoms with Gasteiger partial charge in [0.1, 0.15) is 5.75 Å². The maximum atomic E-state index is 12.4. The van der Waals surface area contributed by atoms with Crippen molar-refractivity contribution < 1.29 is 9.53 Å². The minimum Gasteiger partial charge on any atom is -0.490 e. The summed E-state index contributed by atoms with van der Waals surface area (Å²) in [6.07, 6.45) is 7.32. The summed E-state index contributed by atoms with van der Waals surface area (Å²) in [5.74, 6) is 2.23. The van der Waals surface area contributed by atoms with Crippen molar-refractivity contribution >= 4 is 5.78 Å². The molecule has 0 aromatic heterocycles. The predicted molar refractivity (Wildman–Crippen MR) is 75.5 cm³/mol. The first kappa shape index (κ1) is 12.7. The summed E-state index contributed by atoms with van der Waals surface area (Å²) in [6.45, 7) is 2.22. The Morgan fingerprint density at radius 1 is 1.16 bits per heavy atom. The van der Waals surface area contributed by atoms with Crippen LogP contribution in [0, 0.1) is 11.8 Å². The van der Waals surface area contributed by atoms with E-state index in [1.807, 2.05) is 24.3 Å². The Bertz CT molecular complexity index is 445. The van der Waals surface area contributed by atoms with Gasteiger partial charge >= 0.3 is 0 Å². The lowest BCUT2D eigenvalue weighted by molar-refractivity contribution is 0.0920. The van der Waals surface area contributed by atoms with Crippen LogP contribution in [0.3, 0.4) is 0 Å². The van der Waals surface area contributed by atoms with Gasteiger partial charge in [0.15, 0.2) is 5.78 Å². The number of hydrogen-bond acceptors (Lipinski definition) is 2. The molecule has 0 bridgehead atoms. The molecule has 0 spiro atoms. The van der Waals surface area contributed by atoms with Crippen LogP contribution in [0.5, 0.6) is 5.75 Å². The van der Waals surface area contributed by atoms with E-state index in [9.17, 15) is 4.79 Å². The fraction of sp³-hybridized carbons (Fsp3) is 0.588. The monoisotopic (exact) mass is 258 g/mol. The van der Waals surface area contributed by atoms with Gasteiger partial charge < -0.3 is 4.74 Å². The summed E-state index contributed by atoms with van der Waals surface area (Å²) in [7, 11) is 0. The number of Topliss-reactive ketones (excluding diaryl/α,β-unsaturated/α-hetero) is 1. The van der Waals surface area contributed by atoms with Crippen molar-refractivity contribution in [2.24, 2.45) is 11.8 Å². The number of hydrogen-bond donors (Lipinski definition) is 0. The molecular formula is C17H22O2. The molecule has 0 heterocycles. The summed E-state index contributed by atoms with van der Waals surface area (Å²) in [4.78, 5) is 12.4. The smallest absolute Gasteiger partial charge is 0.165 e. The van der Waals surface area contributed by atoms with E-state index in [0.717, 1.165) is 30.1 Å². The Labute approximate surface area is 115 Å². The van der Waals surface area contributed by atoms with Gasteiger partial charge in [0.25, 0.3) is 0 Å². The fourth-order valence-electron chi connectivity index (χ4n) is 3.00. The summed E-state index contributed by atoms with van der Waals surface area (Å²) < 4.78 is 5.71. The third kappa shape index (κ3) is 2.99. The lowest BCUT2D eigenvalue weighted by Gasteiger charge is -2.10. The molecule has 2 saturated carbocycles. The van der Waals surface area contributed by atoms with E-state index in [1.165, 1.54) is 25.7 Å². The second-order valence-corrected chi connectivity index (χ2v) is 5.99. The molecule has 2 heteroatoms. The van der Waals surface area contributed by atoms with Gasteiger partial charge in [-0.25, -0.2) is 0 Å². The van der Waals surface area contributed by atoms with Crippen LogP contribution in [0.1, 0.15) is 55.8 Å². The third-order valence-electron chi connectivity index (χ3n) is 4.46. The quantitative estimate of drug-likeness (QED) is 0.738. The second-order valence-electron chi connectivity index (χ2n) is 5.99. The molecule has 3 rings (SSSR count). The van der Waals surface area contributed by atoms with E-state index >= 15 is 0 Å². The number of ether oxygens (including phenoxy) is 1. The number of ketones is 1. The first-order valence-electron chi connectivity index (χ1n) is 7.57. The average Bonchev–Trinajstić information content (AvgIpc) is 3.12. The highest BCUT2D eigenvalue weighted by Crippen LogP contribution is 2.35. The summed E-state index contributed by atoms with van der Waals surface area (Å²) in [5.41, 5.74) is 0.852. The minimum atomic E-state index is 0.250. The Hall–Kier alpha value is -1.31. The number of benzene rings is 1. The van der Waals surface area contributed by atoms with Gasteiger partial charge in [0.2, 0.25) is 0 Å². The van der Waals surface area contributed by atoms with Crippen molar-refractivity contribution in [3.63, 3.8) is 0 Å². The van der Waals surface area contributed by atoms with Crippen LogP contribution >= 0.6 is 0 Å². The summed E-state index contributed by atoms with van der Waals surface area (Å²) >= 11 is 0. The Kier molecular flexibility index (Phi) is 3.58. The van der Waals surface area contributed by atoms with Gasteiger partial charge in [-0.1, -0.05) is 13.3 Å². The van der Waals surface area contributed by atoms with Crippen molar-refractivity contribution in [3.05, 3.63) is 29.8 Å². The molecule has 1 aromatic rings. The van der Waals surface area contributed by atoms with E-state index < -0.39 is 0 Å². The zero-order valence-electron chi connectivity index (χ0n) is 11.6. The minimum absolute atomic E-state index is 0.250. The first-order valence-corrected chi connectivity index (χ1v) is 7.57. The average molecular weight is 258 g/mol. The lowest BCUT2D eigenvalue weighted by Crippen LogP contribution is -2.11. The predicted octanol–water partition coefficient (Wildman–Crippen LogP) is 4.24. The van der Waals surface area contributed by atoms with E-state index in [0.29, 0.717) is 11.9 Å². The van der Waals surface area contributed by atoms with Crippen molar-refractivity contribution in [3.8, 4) is 5.75 Å². The second kappa shape index (κ2) is 5.36. The van der Waals surface area contributed by atoms with E-state index in [1.54, 1.807) is 0 Å². The molecule has 2 unspecified atom stereocenters. The van der Waals surface area contributed by atoms with Crippen LogP contribution in [0.15, 0.2) is 24.3 Å². The highest BCUT2D eigenvalue weighted by molar-refractivity contribution is 5.98. The molecule has 2 atom stereocenters. The maximum absolute atomic E-state index is 12.4. The molecule has 2 aliphatic rings. The Balaban J connectivity index is 1.62. The largest absolute Gasteiger partial charge is 0.490 e. The molecule has 2 nitrogen and oxygen atoms in total. The van der Waals surface area contributed by atoms with Crippen LogP contribution in [0.25, 0.3) is 0 Å². The third-order valence-corrected chi connectivity index (χ3v) is 4.46. The van der Waals surface area contributed by atoms with Crippen molar-refractivity contribution in [1.82, 2.24) is 0 Å². The fourth-order valence-corrected chi connectivity index (χ4v) is 3.00. The maximum Gasteiger partial charge on any atom is 0.165 e. The highest BCUT2D eigenvalue weighted by Gasteiger charge is 2.29. The molecule has 0 N–H and O–H groups in total. The van der Waals surface area contributed by atoms with E-state index in [-0.39, 0.29) is 5.92 Å². The Morgan fingerprint density at radius 3 is 2.47 bits per heavy atom.